The van der Waals surface area contributed by atoms with E-state index in [1.807, 2.05) is 0 Å². The lowest BCUT2D eigenvalue weighted by Gasteiger charge is -2.22. The number of hydrogen-bond acceptors (Lipinski definition) is 5. The lowest BCUT2D eigenvalue weighted by Crippen LogP contribution is -2.45. The predicted molar refractivity (Wildman–Crippen MR) is 287 cm³/mol. The van der Waals surface area contributed by atoms with Crippen LogP contribution < -0.4 is 5.32 Å². The van der Waals surface area contributed by atoms with Gasteiger partial charge in [-0.1, -0.05) is 309 Å². The van der Waals surface area contributed by atoms with Gasteiger partial charge in [-0.15, -0.1) is 0 Å². The van der Waals surface area contributed by atoms with Gasteiger partial charge in [0.2, 0.25) is 5.91 Å². The van der Waals surface area contributed by atoms with E-state index in [1.165, 1.54) is 276 Å². The molecule has 0 saturated heterocycles. The van der Waals surface area contributed by atoms with E-state index in [9.17, 15) is 19.8 Å². The number of unbranched alkanes of at least 4 members (excludes halogenated alkanes) is 46. The van der Waals surface area contributed by atoms with E-state index in [0.29, 0.717) is 25.9 Å². The van der Waals surface area contributed by atoms with Gasteiger partial charge in [-0.05, 0) is 25.7 Å². The average molecular weight is 935 g/mol. The molecule has 0 aromatic carbocycles. The maximum absolute atomic E-state index is 12.4. The van der Waals surface area contributed by atoms with Crippen molar-refractivity contribution in [2.45, 2.75) is 360 Å². The second-order valence-electron chi connectivity index (χ2n) is 21.1. The molecule has 6 heteroatoms. The SMILES string of the molecule is CCCCCCCCCCCCCCCCCC(=O)OCCCCCCCCCCCCCCCCCCCCCCCCCCC(=O)NC(CO)C(O)CCCCCCCCCCCC. The Kier molecular flexibility index (Phi) is 55.5. The van der Waals surface area contributed by atoms with Crippen molar-refractivity contribution < 1.29 is 24.5 Å². The topological polar surface area (TPSA) is 95.9 Å². The molecule has 2 unspecified atom stereocenters. The van der Waals surface area contributed by atoms with Gasteiger partial charge in [0.1, 0.15) is 0 Å². The molecule has 0 aliphatic heterocycles. The van der Waals surface area contributed by atoms with Crippen LogP contribution >= 0.6 is 0 Å². The number of carbonyl (C=O) groups excluding carboxylic acids is 2. The summed E-state index contributed by atoms with van der Waals surface area (Å²) in [5.74, 6) is -0.0145. The van der Waals surface area contributed by atoms with Gasteiger partial charge in [0.05, 0.1) is 25.4 Å². The molecule has 0 bridgehead atoms. The number of aliphatic hydroxyl groups is 2. The van der Waals surface area contributed by atoms with E-state index in [0.717, 1.165) is 38.5 Å². The number of nitrogens with one attached hydrogen (secondary N) is 1. The Bertz CT molecular complexity index is 944. The van der Waals surface area contributed by atoms with E-state index in [4.69, 9.17) is 4.74 Å². The highest BCUT2D eigenvalue weighted by molar-refractivity contribution is 5.76. The van der Waals surface area contributed by atoms with Crippen LogP contribution in [0, 0.1) is 0 Å². The molecule has 6 nitrogen and oxygen atoms in total. The molecule has 0 fully saturated rings. The Morgan fingerprint density at radius 2 is 0.621 bits per heavy atom. The first-order chi connectivity index (χ1) is 32.5. The molecule has 0 aromatic heterocycles. The summed E-state index contributed by atoms with van der Waals surface area (Å²) in [7, 11) is 0. The minimum absolute atomic E-state index is 0.0191. The number of rotatable bonds is 57. The lowest BCUT2D eigenvalue weighted by atomic mass is 10.0. The second-order valence-corrected chi connectivity index (χ2v) is 21.1. The molecule has 0 aromatic rings. The van der Waals surface area contributed by atoms with Gasteiger partial charge in [-0.25, -0.2) is 0 Å². The predicted octanol–water partition coefficient (Wildman–Crippen LogP) is 18.7. The Hall–Kier alpha value is -1.14. The minimum atomic E-state index is -0.660. The molecule has 1 amide bonds. The first kappa shape index (κ1) is 64.9. The summed E-state index contributed by atoms with van der Waals surface area (Å²) in [5, 5.41) is 23.2. The van der Waals surface area contributed by atoms with Crippen LogP contribution in [0.5, 0.6) is 0 Å². The monoisotopic (exact) mass is 934 g/mol. The van der Waals surface area contributed by atoms with Crippen molar-refractivity contribution in [3.05, 3.63) is 0 Å². The molecular weight excluding hydrogens is 815 g/mol. The highest BCUT2D eigenvalue weighted by atomic mass is 16.5. The molecule has 0 heterocycles. The van der Waals surface area contributed by atoms with Crippen molar-refractivity contribution in [2.75, 3.05) is 13.2 Å². The highest BCUT2D eigenvalue weighted by Crippen LogP contribution is 2.18. The average Bonchev–Trinajstić information content (AvgIpc) is 3.32. The summed E-state index contributed by atoms with van der Waals surface area (Å²) in [6.07, 6.45) is 65.5. The van der Waals surface area contributed by atoms with Crippen LogP contribution in [0.25, 0.3) is 0 Å². The first-order valence-corrected chi connectivity index (χ1v) is 30.3. The van der Waals surface area contributed by atoms with Crippen LogP contribution in [-0.4, -0.2) is 47.4 Å². The molecule has 3 N–H and O–H groups in total. The van der Waals surface area contributed by atoms with Gasteiger partial charge in [-0.2, -0.15) is 0 Å². The summed E-state index contributed by atoms with van der Waals surface area (Å²) < 4.78 is 5.49. The number of hydrogen-bond donors (Lipinski definition) is 3. The highest BCUT2D eigenvalue weighted by Gasteiger charge is 2.20. The van der Waals surface area contributed by atoms with Crippen LogP contribution in [0.1, 0.15) is 348 Å². The largest absolute Gasteiger partial charge is 0.466 e. The van der Waals surface area contributed by atoms with E-state index >= 15 is 0 Å². The van der Waals surface area contributed by atoms with Gasteiger partial charge in [0.15, 0.2) is 0 Å². The van der Waals surface area contributed by atoms with Crippen molar-refractivity contribution in [2.24, 2.45) is 0 Å². The zero-order valence-corrected chi connectivity index (χ0v) is 45.0. The summed E-state index contributed by atoms with van der Waals surface area (Å²) in [6, 6.07) is -0.537. The summed E-state index contributed by atoms with van der Waals surface area (Å²) in [6.45, 7) is 4.97. The normalized spacial score (nSPS) is 12.5. The summed E-state index contributed by atoms with van der Waals surface area (Å²) in [5.41, 5.74) is 0. The Labute approximate surface area is 413 Å². The van der Waals surface area contributed by atoms with Crippen molar-refractivity contribution in [1.82, 2.24) is 5.32 Å². The quantitative estimate of drug-likeness (QED) is 0.0417. The summed E-state index contributed by atoms with van der Waals surface area (Å²) >= 11 is 0. The zero-order valence-electron chi connectivity index (χ0n) is 45.0. The van der Waals surface area contributed by atoms with Crippen molar-refractivity contribution >= 4 is 11.9 Å². The van der Waals surface area contributed by atoms with E-state index < -0.39 is 12.1 Å². The standard InChI is InChI=1S/C60H119NO5/c1-3-5-7-9-11-13-15-16-27-31-34-38-42-46-50-54-60(65)66-55-51-47-43-39-35-32-29-26-24-22-20-18-17-19-21-23-25-28-30-33-37-41-45-49-53-59(64)61-57(56-62)58(63)52-48-44-40-36-14-12-10-8-6-4-2/h57-58,62-63H,3-56H2,1-2H3,(H,61,64). The van der Waals surface area contributed by atoms with E-state index in [-0.39, 0.29) is 18.5 Å². The number of ether oxygens (including phenoxy) is 1. The van der Waals surface area contributed by atoms with E-state index in [1.54, 1.807) is 0 Å². The molecule has 394 valence electrons. The minimum Gasteiger partial charge on any atom is -0.466 e. The fourth-order valence-corrected chi connectivity index (χ4v) is 9.76. The van der Waals surface area contributed by atoms with Gasteiger partial charge in [0, 0.05) is 12.8 Å². The first-order valence-electron chi connectivity index (χ1n) is 30.3. The maximum Gasteiger partial charge on any atom is 0.305 e. The van der Waals surface area contributed by atoms with Crippen molar-refractivity contribution in [1.29, 1.82) is 0 Å². The Morgan fingerprint density at radius 3 is 0.924 bits per heavy atom. The Balaban J connectivity index is 3.31. The lowest BCUT2D eigenvalue weighted by molar-refractivity contribution is -0.143. The van der Waals surface area contributed by atoms with Gasteiger partial charge in [0.25, 0.3) is 0 Å². The van der Waals surface area contributed by atoms with Crippen LogP contribution in [-0.2, 0) is 14.3 Å². The molecule has 2 atom stereocenters. The fourth-order valence-electron chi connectivity index (χ4n) is 9.76. The maximum atomic E-state index is 12.4. The molecule has 0 saturated carbocycles. The third-order valence-electron chi connectivity index (χ3n) is 14.4. The van der Waals surface area contributed by atoms with Crippen LogP contribution in [0.4, 0.5) is 0 Å². The Morgan fingerprint density at radius 1 is 0.364 bits per heavy atom. The van der Waals surface area contributed by atoms with Gasteiger partial charge in [-0.3, -0.25) is 9.59 Å². The number of carbonyl (C=O) groups is 2. The molecule has 0 aliphatic rings. The number of esters is 1. The van der Waals surface area contributed by atoms with Crippen molar-refractivity contribution in [3.63, 3.8) is 0 Å². The number of amides is 1. The van der Waals surface area contributed by atoms with Crippen molar-refractivity contribution in [3.8, 4) is 0 Å². The summed E-state index contributed by atoms with van der Waals surface area (Å²) in [4.78, 5) is 24.5. The van der Waals surface area contributed by atoms with Gasteiger partial charge < -0.3 is 20.3 Å². The van der Waals surface area contributed by atoms with Crippen LogP contribution in [0.2, 0.25) is 0 Å². The third-order valence-corrected chi connectivity index (χ3v) is 14.4. The second kappa shape index (κ2) is 56.4. The smallest absolute Gasteiger partial charge is 0.305 e. The molecule has 0 aliphatic carbocycles. The van der Waals surface area contributed by atoms with Gasteiger partial charge >= 0.3 is 5.97 Å². The fraction of sp³-hybridized carbons (Fsp3) is 0.967. The molecule has 0 rings (SSSR count). The van der Waals surface area contributed by atoms with Crippen LogP contribution in [0.15, 0.2) is 0 Å². The molecule has 0 radical (unpaired) electrons. The zero-order chi connectivity index (χ0) is 47.9. The molecular formula is C60H119NO5. The third kappa shape index (κ3) is 52.2. The number of aliphatic hydroxyl groups excluding tert-OH is 2. The molecule has 66 heavy (non-hydrogen) atoms. The van der Waals surface area contributed by atoms with Crippen LogP contribution in [0.3, 0.4) is 0 Å². The molecule has 0 spiro atoms. The van der Waals surface area contributed by atoms with E-state index in [2.05, 4.69) is 19.2 Å².